The zero-order valence-electron chi connectivity index (χ0n) is 24.5. The van der Waals surface area contributed by atoms with Crippen LogP contribution in [0.2, 0.25) is 18.1 Å². The summed E-state index contributed by atoms with van der Waals surface area (Å²) in [7, 11) is -2.31. The van der Waals surface area contributed by atoms with Crippen molar-refractivity contribution in [3.63, 3.8) is 0 Å². The predicted octanol–water partition coefficient (Wildman–Crippen LogP) is 6.86. The van der Waals surface area contributed by atoms with Gasteiger partial charge in [-0.05, 0) is 62.9 Å². The van der Waals surface area contributed by atoms with E-state index in [9.17, 15) is 9.59 Å². The minimum atomic E-state index is -2.31. The van der Waals surface area contributed by atoms with Gasteiger partial charge in [-0.25, -0.2) is 4.79 Å². The highest BCUT2D eigenvalue weighted by atomic mass is 28.4. The van der Waals surface area contributed by atoms with Gasteiger partial charge in [0.1, 0.15) is 11.2 Å². The van der Waals surface area contributed by atoms with Crippen molar-refractivity contribution in [1.29, 1.82) is 0 Å². The van der Waals surface area contributed by atoms with Crippen LogP contribution >= 0.6 is 0 Å². The van der Waals surface area contributed by atoms with Crippen molar-refractivity contribution < 1.29 is 18.8 Å². The van der Waals surface area contributed by atoms with Crippen molar-refractivity contribution in [3.05, 3.63) is 71.8 Å². The van der Waals surface area contributed by atoms with Gasteiger partial charge in [0.25, 0.3) is 0 Å². The first kappa shape index (κ1) is 29.9. The second kappa shape index (κ2) is 11.6. The van der Waals surface area contributed by atoms with E-state index >= 15 is 0 Å². The van der Waals surface area contributed by atoms with E-state index in [0.29, 0.717) is 32.4 Å². The minimum Gasteiger partial charge on any atom is -0.444 e. The normalized spacial score (nSPS) is 17.0. The Kier molecular flexibility index (Phi) is 9.15. The maximum absolute atomic E-state index is 13.3. The number of nitrogens with zero attached hydrogens (tertiary/aromatic N) is 1. The molecule has 1 N–H and O–H groups in total. The Morgan fingerprint density at radius 1 is 0.947 bits per heavy atom. The SMILES string of the molecule is CC(C)(C)OC(=O)NCCCN1C(=O)CC[C@H]1C(O[Si](C)(C)C(C)(C)C)(c1ccccc1)c1ccccc1. The van der Waals surface area contributed by atoms with Crippen molar-refractivity contribution in [2.45, 2.75) is 96.2 Å². The molecule has 1 fully saturated rings. The summed E-state index contributed by atoms with van der Waals surface area (Å²) in [5, 5.41) is 2.81. The first-order chi connectivity index (χ1) is 17.7. The largest absolute Gasteiger partial charge is 0.444 e. The molecule has 38 heavy (non-hydrogen) atoms. The molecule has 2 aromatic carbocycles. The van der Waals surface area contributed by atoms with Crippen LogP contribution in [0.15, 0.2) is 60.7 Å². The molecular formula is C31H46N2O4Si. The first-order valence-corrected chi connectivity index (χ1v) is 16.7. The van der Waals surface area contributed by atoms with Crippen molar-refractivity contribution in [2.75, 3.05) is 13.1 Å². The molecule has 1 aliphatic heterocycles. The second-order valence-corrected chi connectivity index (χ2v) is 17.5. The Hall–Kier alpha value is -2.64. The monoisotopic (exact) mass is 538 g/mol. The average molecular weight is 539 g/mol. The van der Waals surface area contributed by atoms with E-state index in [1.165, 1.54) is 0 Å². The molecule has 6 nitrogen and oxygen atoms in total. The van der Waals surface area contributed by atoms with Crippen LogP contribution in [0.5, 0.6) is 0 Å². The number of carbonyl (C=O) groups is 2. The van der Waals surface area contributed by atoms with E-state index in [2.05, 4.69) is 63.4 Å². The molecule has 7 heteroatoms. The Morgan fingerprint density at radius 2 is 1.47 bits per heavy atom. The van der Waals surface area contributed by atoms with Gasteiger partial charge in [0.2, 0.25) is 5.91 Å². The van der Waals surface area contributed by atoms with Crippen molar-refractivity contribution >= 4 is 20.3 Å². The summed E-state index contributed by atoms with van der Waals surface area (Å²) in [6.45, 7) is 17.8. The summed E-state index contributed by atoms with van der Waals surface area (Å²) in [5.41, 5.74) is 0.766. The smallest absolute Gasteiger partial charge is 0.407 e. The Labute approximate surface area is 230 Å². The molecule has 0 aliphatic carbocycles. The third kappa shape index (κ3) is 6.86. The number of amides is 2. The molecule has 0 aromatic heterocycles. The summed E-state index contributed by atoms with van der Waals surface area (Å²) < 4.78 is 12.8. The number of carbonyl (C=O) groups excluding carboxylic acids is 2. The van der Waals surface area contributed by atoms with Gasteiger partial charge in [0.05, 0.1) is 6.04 Å². The molecular weight excluding hydrogens is 492 g/mol. The molecule has 0 bridgehead atoms. The third-order valence-electron chi connectivity index (χ3n) is 7.67. The van der Waals surface area contributed by atoms with Crippen LogP contribution in [0.3, 0.4) is 0 Å². The summed E-state index contributed by atoms with van der Waals surface area (Å²) in [4.78, 5) is 27.5. The molecule has 0 radical (unpaired) electrons. The topological polar surface area (TPSA) is 67.9 Å². The quantitative estimate of drug-likeness (QED) is 0.280. The number of hydrogen-bond acceptors (Lipinski definition) is 4. The molecule has 208 valence electrons. The van der Waals surface area contributed by atoms with Crippen molar-refractivity contribution in [2.24, 2.45) is 0 Å². The van der Waals surface area contributed by atoms with Crippen LogP contribution in [0.4, 0.5) is 4.79 Å². The van der Waals surface area contributed by atoms with E-state index < -0.39 is 25.6 Å². The molecule has 1 atom stereocenters. The molecule has 2 amide bonds. The number of nitrogens with one attached hydrogen (secondary N) is 1. The fraction of sp³-hybridized carbons (Fsp3) is 0.548. The highest BCUT2D eigenvalue weighted by Crippen LogP contribution is 2.49. The highest BCUT2D eigenvalue weighted by molar-refractivity contribution is 6.74. The predicted molar refractivity (Wildman–Crippen MR) is 156 cm³/mol. The van der Waals surface area contributed by atoms with Crippen molar-refractivity contribution in [3.8, 4) is 0 Å². The van der Waals surface area contributed by atoms with Gasteiger partial charge >= 0.3 is 6.09 Å². The zero-order chi connectivity index (χ0) is 28.2. The molecule has 3 rings (SSSR count). The number of likely N-dealkylation sites (tertiary alicyclic amines) is 1. The van der Waals surface area contributed by atoms with Gasteiger partial charge in [-0.15, -0.1) is 0 Å². The van der Waals surface area contributed by atoms with Crippen LogP contribution in [-0.4, -0.2) is 50.0 Å². The van der Waals surface area contributed by atoms with Gasteiger partial charge < -0.3 is 19.4 Å². The molecule has 1 saturated heterocycles. The number of hydrogen-bond donors (Lipinski definition) is 1. The number of ether oxygens (including phenoxy) is 1. The lowest BCUT2D eigenvalue weighted by atomic mass is 9.79. The summed E-state index contributed by atoms with van der Waals surface area (Å²) in [6, 6.07) is 20.6. The van der Waals surface area contributed by atoms with Gasteiger partial charge in [-0.3, -0.25) is 4.79 Å². The standard InChI is InChI=1S/C31H46N2O4Si/c1-29(2,3)36-28(35)32-22-15-23-33-26(20-21-27(33)34)31(24-16-11-9-12-17-24,25-18-13-10-14-19-25)37-38(7,8)30(4,5)6/h9-14,16-19,26H,15,20-23H2,1-8H3,(H,32,35)/t26-/m0/s1. The minimum absolute atomic E-state index is 0.0212. The fourth-order valence-corrected chi connectivity index (χ4v) is 6.34. The Morgan fingerprint density at radius 3 is 1.95 bits per heavy atom. The van der Waals surface area contributed by atoms with Crippen LogP contribution in [0.25, 0.3) is 0 Å². The molecule has 2 aromatic rings. The summed E-state index contributed by atoms with van der Waals surface area (Å²) in [5.74, 6) is 0.127. The number of alkyl carbamates (subject to hydrolysis) is 1. The van der Waals surface area contributed by atoms with Crippen LogP contribution in [0.1, 0.15) is 71.9 Å². The van der Waals surface area contributed by atoms with E-state index in [-0.39, 0.29) is 17.0 Å². The Bertz CT molecular complexity index is 1040. The fourth-order valence-electron chi connectivity index (χ4n) is 4.86. The van der Waals surface area contributed by atoms with E-state index in [1.54, 1.807) is 0 Å². The molecule has 1 heterocycles. The van der Waals surface area contributed by atoms with E-state index in [4.69, 9.17) is 9.16 Å². The zero-order valence-corrected chi connectivity index (χ0v) is 25.5. The molecule has 1 aliphatic rings. The van der Waals surface area contributed by atoms with Crippen LogP contribution in [-0.2, 0) is 19.6 Å². The lowest BCUT2D eigenvalue weighted by molar-refractivity contribution is -0.132. The van der Waals surface area contributed by atoms with E-state index in [0.717, 1.165) is 11.1 Å². The van der Waals surface area contributed by atoms with E-state index in [1.807, 2.05) is 62.1 Å². The lowest BCUT2D eigenvalue weighted by Crippen LogP contribution is -2.57. The maximum Gasteiger partial charge on any atom is 0.407 e. The van der Waals surface area contributed by atoms with Gasteiger partial charge in [-0.2, -0.15) is 0 Å². The van der Waals surface area contributed by atoms with Crippen LogP contribution < -0.4 is 5.32 Å². The molecule has 0 saturated carbocycles. The Balaban J connectivity index is 2.00. The van der Waals surface area contributed by atoms with Gasteiger partial charge in [-0.1, -0.05) is 81.4 Å². The van der Waals surface area contributed by atoms with Gasteiger partial charge in [0, 0.05) is 19.5 Å². The van der Waals surface area contributed by atoms with Crippen molar-refractivity contribution in [1.82, 2.24) is 10.2 Å². The molecule has 0 spiro atoms. The highest BCUT2D eigenvalue weighted by Gasteiger charge is 2.54. The summed E-state index contributed by atoms with van der Waals surface area (Å²) >= 11 is 0. The van der Waals surface area contributed by atoms with Gasteiger partial charge in [0.15, 0.2) is 8.32 Å². The van der Waals surface area contributed by atoms with Crippen LogP contribution in [0, 0.1) is 0 Å². The lowest BCUT2D eigenvalue weighted by Gasteiger charge is -2.51. The first-order valence-electron chi connectivity index (χ1n) is 13.7. The molecule has 0 unspecified atom stereocenters. The maximum atomic E-state index is 13.3. The average Bonchev–Trinajstić information content (AvgIpc) is 3.20. The third-order valence-corrected chi connectivity index (χ3v) is 12.1. The summed E-state index contributed by atoms with van der Waals surface area (Å²) in [6.07, 6.45) is 1.37. The second-order valence-electron chi connectivity index (χ2n) is 12.8. The number of benzene rings is 2. The number of rotatable bonds is 9.